The van der Waals surface area contributed by atoms with Gasteiger partial charge in [-0.3, -0.25) is 0 Å². The maximum absolute atomic E-state index is 6.91. The van der Waals surface area contributed by atoms with Crippen LogP contribution in [0.4, 0.5) is 17.1 Å². The monoisotopic (exact) mass is 759 g/mol. The van der Waals surface area contributed by atoms with Crippen LogP contribution in [0.25, 0.3) is 86.3 Å². The van der Waals surface area contributed by atoms with Crippen molar-refractivity contribution in [2.24, 2.45) is 0 Å². The lowest BCUT2D eigenvalue weighted by Crippen LogP contribution is -2.14. The minimum atomic E-state index is -0.0163. The van der Waals surface area contributed by atoms with Crippen LogP contribution in [0.1, 0.15) is 25.0 Å². The molecule has 0 aliphatic heterocycles. The molecule has 0 unspecified atom stereocenters. The van der Waals surface area contributed by atoms with E-state index in [1.54, 1.807) is 0 Å². The number of thiophene rings is 1. The van der Waals surface area contributed by atoms with Gasteiger partial charge in [0.1, 0.15) is 11.2 Å². The molecule has 0 saturated carbocycles. The van der Waals surface area contributed by atoms with Crippen LogP contribution in [-0.4, -0.2) is 0 Å². The van der Waals surface area contributed by atoms with Gasteiger partial charge in [-0.1, -0.05) is 147 Å². The zero-order chi connectivity index (χ0) is 38.5. The highest BCUT2D eigenvalue weighted by Gasteiger charge is 2.35. The van der Waals surface area contributed by atoms with Gasteiger partial charge < -0.3 is 9.32 Å². The van der Waals surface area contributed by atoms with Crippen molar-refractivity contribution in [3.8, 4) is 33.4 Å². The Kier molecular flexibility index (Phi) is 7.18. The third kappa shape index (κ3) is 4.90. The van der Waals surface area contributed by atoms with Crippen molar-refractivity contribution in [3.63, 3.8) is 0 Å². The predicted octanol–water partition coefficient (Wildman–Crippen LogP) is 16.2. The van der Waals surface area contributed by atoms with Crippen molar-refractivity contribution in [3.05, 3.63) is 199 Å². The van der Waals surface area contributed by atoms with E-state index in [1.807, 2.05) is 11.3 Å². The maximum Gasteiger partial charge on any atom is 0.143 e. The molecule has 274 valence electrons. The molecule has 0 N–H and O–H groups in total. The molecule has 0 bridgehead atoms. The first-order valence-electron chi connectivity index (χ1n) is 20.0. The van der Waals surface area contributed by atoms with Crippen LogP contribution in [0.15, 0.2) is 192 Å². The summed E-state index contributed by atoms with van der Waals surface area (Å²) >= 11 is 1.85. The van der Waals surface area contributed by atoms with E-state index in [4.69, 9.17) is 4.42 Å². The number of para-hydroxylation sites is 2. The maximum atomic E-state index is 6.91. The van der Waals surface area contributed by atoms with Crippen molar-refractivity contribution < 1.29 is 4.42 Å². The molecular formula is C55H37NOS. The first-order valence-corrected chi connectivity index (χ1v) is 20.8. The molecule has 0 amide bonds. The standard InChI is InChI=1S/C55H37NOS/c1-55(2)48-19-8-5-14-40(48)46-32-36(25-30-49(46)55)34-22-26-37(27-23-34)56(38-28-31-52-47(33-38)42-16-7-10-21-51(42)58-52)50-20-9-6-15-41(50)43-17-11-18-44-45-29-24-35-12-3-4-13-39(35)53(45)57-54(43)44/h3-33H,1-2H3. The summed E-state index contributed by atoms with van der Waals surface area (Å²) < 4.78 is 9.49. The molecular weight excluding hydrogens is 723 g/mol. The van der Waals surface area contributed by atoms with Crippen LogP contribution >= 0.6 is 11.3 Å². The summed E-state index contributed by atoms with van der Waals surface area (Å²) in [4.78, 5) is 2.42. The average Bonchev–Trinajstić information content (AvgIpc) is 3.92. The van der Waals surface area contributed by atoms with Gasteiger partial charge in [-0.15, -0.1) is 11.3 Å². The fraction of sp³-hybridized carbons (Fsp3) is 0.0545. The van der Waals surface area contributed by atoms with Crippen LogP contribution in [0.3, 0.4) is 0 Å². The lowest BCUT2D eigenvalue weighted by molar-refractivity contribution is 0.660. The highest BCUT2D eigenvalue weighted by Crippen LogP contribution is 2.50. The molecule has 1 aliphatic carbocycles. The molecule has 9 aromatic carbocycles. The summed E-state index contributed by atoms with van der Waals surface area (Å²) in [6, 6.07) is 68.9. The van der Waals surface area contributed by atoms with Crippen molar-refractivity contribution in [1.82, 2.24) is 0 Å². The Balaban J connectivity index is 1.04. The number of hydrogen-bond acceptors (Lipinski definition) is 3. The van der Waals surface area contributed by atoms with Gasteiger partial charge in [0.25, 0.3) is 0 Å². The molecule has 0 fully saturated rings. The highest BCUT2D eigenvalue weighted by molar-refractivity contribution is 7.25. The van der Waals surface area contributed by atoms with E-state index < -0.39 is 0 Å². The van der Waals surface area contributed by atoms with Gasteiger partial charge in [-0.2, -0.15) is 0 Å². The SMILES string of the molecule is CC1(C)c2ccccc2-c2cc(-c3ccc(N(c4ccc5sc6ccccc6c5c4)c4ccccc4-c4cccc5c4oc4c6ccccc6ccc54)cc3)ccc21. The topological polar surface area (TPSA) is 16.4 Å². The number of nitrogens with zero attached hydrogens (tertiary/aromatic N) is 1. The van der Waals surface area contributed by atoms with Crippen molar-refractivity contribution in [1.29, 1.82) is 0 Å². The molecule has 3 heteroatoms. The average molecular weight is 760 g/mol. The molecule has 1 aliphatic rings. The van der Waals surface area contributed by atoms with E-state index in [2.05, 4.69) is 207 Å². The van der Waals surface area contributed by atoms with Crippen LogP contribution in [0.2, 0.25) is 0 Å². The van der Waals surface area contributed by atoms with Crippen molar-refractivity contribution in [2.45, 2.75) is 19.3 Å². The second-order valence-electron chi connectivity index (χ2n) is 16.1. The summed E-state index contributed by atoms with van der Waals surface area (Å²) in [5.41, 5.74) is 15.1. The molecule has 2 nitrogen and oxygen atoms in total. The first-order chi connectivity index (χ1) is 28.5. The lowest BCUT2D eigenvalue weighted by atomic mass is 9.82. The number of fused-ring (bicyclic) bond motifs is 11. The molecule has 2 heterocycles. The van der Waals surface area contributed by atoms with Crippen molar-refractivity contribution in [2.75, 3.05) is 4.90 Å². The molecule has 0 saturated heterocycles. The largest absolute Gasteiger partial charge is 0.455 e. The zero-order valence-corrected chi connectivity index (χ0v) is 33.0. The van der Waals surface area contributed by atoms with E-state index in [9.17, 15) is 0 Å². The highest BCUT2D eigenvalue weighted by atomic mass is 32.1. The second-order valence-corrected chi connectivity index (χ2v) is 17.1. The first kappa shape index (κ1) is 33.2. The lowest BCUT2D eigenvalue weighted by Gasteiger charge is -2.28. The molecule has 11 aromatic rings. The predicted molar refractivity (Wildman–Crippen MR) is 247 cm³/mol. The Morgan fingerprint density at radius 1 is 0.414 bits per heavy atom. The van der Waals surface area contributed by atoms with Gasteiger partial charge in [-0.25, -0.2) is 0 Å². The number of benzene rings is 9. The smallest absolute Gasteiger partial charge is 0.143 e. The summed E-state index contributed by atoms with van der Waals surface area (Å²) in [5.74, 6) is 0. The number of rotatable bonds is 5. The normalized spacial score (nSPS) is 13.1. The van der Waals surface area contributed by atoms with Crippen LogP contribution < -0.4 is 4.90 Å². The third-order valence-corrected chi connectivity index (χ3v) is 13.6. The number of anilines is 3. The summed E-state index contributed by atoms with van der Waals surface area (Å²) in [5, 5.41) is 7.11. The van der Waals surface area contributed by atoms with Crippen LogP contribution in [-0.2, 0) is 5.41 Å². The Labute approximate surface area is 340 Å². The third-order valence-electron chi connectivity index (χ3n) is 12.5. The fourth-order valence-electron chi connectivity index (χ4n) is 9.62. The fourth-order valence-corrected chi connectivity index (χ4v) is 10.7. The van der Waals surface area contributed by atoms with Gasteiger partial charge in [0.2, 0.25) is 0 Å². The molecule has 2 aromatic heterocycles. The van der Waals surface area contributed by atoms with E-state index in [0.717, 1.165) is 55.5 Å². The molecule has 0 radical (unpaired) electrons. The molecule has 0 atom stereocenters. The molecule has 12 rings (SSSR count). The summed E-state index contributed by atoms with van der Waals surface area (Å²) in [6.45, 7) is 4.68. The Bertz CT molecular complexity index is 3440. The minimum absolute atomic E-state index is 0.0163. The number of furan rings is 1. The van der Waals surface area contributed by atoms with E-state index in [-0.39, 0.29) is 5.41 Å². The van der Waals surface area contributed by atoms with Gasteiger partial charge >= 0.3 is 0 Å². The number of hydrogen-bond donors (Lipinski definition) is 0. The Hall–Kier alpha value is -6.94. The molecule has 0 spiro atoms. The second kappa shape index (κ2) is 12.5. The van der Waals surface area contributed by atoms with Gasteiger partial charge in [-0.05, 0) is 93.4 Å². The Morgan fingerprint density at radius 3 is 1.97 bits per heavy atom. The Morgan fingerprint density at radius 2 is 1.07 bits per heavy atom. The van der Waals surface area contributed by atoms with E-state index in [1.165, 1.54) is 58.9 Å². The van der Waals surface area contributed by atoms with Gasteiger partial charge in [0.05, 0.1) is 5.69 Å². The van der Waals surface area contributed by atoms with Crippen LogP contribution in [0, 0.1) is 0 Å². The van der Waals surface area contributed by atoms with E-state index >= 15 is 0 Å². The summed E-state index contributed by atoms with van der Waals surface area (Å²) in [6.07, 6.45) is 0. The van der Waals surface area contributed by atoms with E-state index in [0.29, 0.717) is 0 Å². The van der Waals surface area contributed by atoms with Gasteiger partial charge in [0.15, 0.2) is 0 Å². The van der Waals surface area contributed by atoms with Crippen molar-refractivity contribution >= 4 is 81.3 Å². The minimum Gasteiger partial charge on any atom is -0.455 e. The molecule has 58 heavy (non-hydrogen) atoms. The van der Waals surface area contributed by atoms with Crippen LogP contribution in [0.5, 0.6) is 0 Å². The van der Waals surface area contributed by atoms with Gasteiger partial charge in [0, 0.05) is 64.2 Å². The summed E-state index contributed by atoms with van der Waals surface area (Å²) in [7, 11) is 0. The zero-order valence-electron chi connectivity index (χ0n) is 32.2. The quantitative estimate of drug-likeness (QED) is 0.174.